The molecule has 5 heteroatoms. The van der Waals surface area contributed by atoms with Crippen LogP contribution in [-0.4, -0.2) is 20.9 Å². The number of aromatic nitrogens is 2. The maximum absolute atomic E-state index is 12.2. The fraction of sp³-hybridized carbons (Fsp3) is 0.462. The molecule has 0 bridgehead atoms. The molecule has 0 spiro atoms. The Hall–Kier alpha value is -2.88. The van der Waals surface area contributed by atoms with E-state index in [9.17, 15) is 9.90 Å². The van der Waals surface area contributed by atoms with Gasteiger partial charge in [-0.25, -0.2) is 4.98 Å². The molecule has 0 amide bonds. The summed E-state index contributed by atoms with van der Waals surface area (Å²) in [5, 5.41) is 13.6. The predicted octanol–water partition coefficient (Wildman–Crippen LogP) is 10.9. The molecule has 0 aliphatic heterocycles. The van der Waals surface area contributed by atoms with Crippen molar-refractivity contribution in [3.05, 3.63) is 82.9 Å². The van der Waals surface area contributed by atoms with Gasteiger partial charge in [0.1, 0.15) is 11.6 Å². The molecule has 1 aromatic heterocycles. The van der Waals surface area contributed by atoms with Gasteiger partial charge in [-0.1, -0.05) is 99.1 Å². The molecular formula is C39H51IrN2O2-. The van der Waals surface area contributed by atoms with Crippen molar-refractivity contribution in [2.24, 2.45) is 10.8 Å². The first-order valence-corrected chi connectivity index (χ1v) is 15.9. The van der Waals surface area contributed by atoms with Gasteiger partial charge in [0.25, 0.3) is 0 Å². The molecule has 1 heterocycles. The third-order valence-corrected chi connectivity index (χ3v) is 9.38. The molecule has 0 saturated carbocycles. The van der Waals surface area contributed by atoms with E-state index in [1.165, 1.54) is 28.0 Å². The maximum Gasteiger partial charge on any atom is 0.164 e. The van der Waals surface area contributed by atoms with Crippen molar-refractivity contribution in [2.75, 3.05) is 0 Å². The fourth-order valence-corrected chi connectivity index (χ4v) is 5.21. The number of fused-ring (bicyclic) bond motifs is 3. The summed E-state index contributed by atoms with van der Waals surface area (Å²) in [6.07, 6.45) is 4.75. The van der Waals surface area contributed by atoms with Crippen LogP contribution in [0.5, 0.6) is 0 Å². The first kappa shape index (κ1) is 37.3. The van der Waals surface area contributed by atoms with Crippen LogP contribution in [0.15, 0.2) is 54.3 Å². The molecule has 239 valence electrons. The zero-order chi connectivity index (χ0) is 32.1. The molecule has 3 aromatic carbocycles. The van der Waals surface area contributed by atoms with Crippen molar-refractivity contribution >= 4 is 27.5 Å². The summed E-state index contributed by atoms with van der Waals surface area (Å²) in [7, 11) is 0. The smallest absolute Gasteiger partial charge is 0.164 e. The number of hydrogen-bond acceptors (Lipinski definition) is 4. The van der Waals surface area contributed by atoms with Crippen molar-refractivity contribution in [1.29, 1.82) is 0 Å². The Bertz CT molecular complexity index is 1610. The minimum atomic E-state index is -0.337. The topological polar surface area (TPSA) is 63.1 Å². The Labute approximate surface area is 279 Å². The van der Waals surface area contributed by atoms with Crippen molar-refractivity contribution < 1.29 is 30.0 Å². The number of carbonyl (C=O) groups is 1. The van der Waals surface area contributed by atoms with Crippen molar-refractivity contribution in [3.8, 4) is 11.3 Å². The van der Waals surface area contributed by atoms with E-state index in [0.717, 1.165) is 59.2 Å². The van der Waals surface area contributed by atoms with E-state index in [4.69, 9.17) is 9.97 Å². The monoisotopic (exact) mass is 772 g/mol. The third-order valence-electron chi connectivity index (χ3n) is 9.38. The van der Waals surface area contributed by atoms with Crippen LogP contribution >= 0.6 is 0 Å². The molecule has 1 N–H and O–H groups in total. The van der Waals surface area contributed by atoms with Gasteiger partial charge in [-0.05, 0) is 55.1 Å². The molecule has 44 heavy (non-hydrogen) atoms. The molecule has 1 radical (unpaired) electrons. The van der Waals surface area contributed by atoms with E-state index in [1.54, 1.807) is 0 Å². The molecule has 0 aliphatic carbocycles. The van der Waals surface area contributed by atoms with Crippen LogP contribution in [0.4, 0.5) is 0 Å². The van der Waals surface area contributed by atoms with E-state index >= 15 is 0 Å². The van der Waals surface area contributed by atoms with Crippen LogP contribution in [0.2, 0.25) is 0 Å². The Morgan fingerprint density at radius 3 is 1.98 bits per heavy atom. The SMILES string of the molecule is CCC(C)(CC)C(=O)/C=C(\O)C(C)(CC)CC.Cc1[c-]c(-c2nc(C(C)C)nc3c2ccc2ccc(C)cc23)cc(C)c1.[Ir]. The molecule has 4 rings (SSSR count). The average molecular weight is 772 g/mol. The van der Waals surface area contributed by atoms with Crippen molar-refractivity contribution in [3.63, 3.8) is 0 Å². The third kappa shape index (κ3) is 8.23. The largest absolute Gasteiger partial charge is 0.512 e. The van der Waals surface area contributed by atoms with Gasteiger partial charge in [0.2, 0.25) is 0 Å². The van der Waals surface area contributed by atoms with Gasteiger partial charge in [-0.2, -0.15) is 0 Å². The second-order valence-corrected chi connectivity index (χ2v) is 13.0. The molecular weight excluding hydrogens is 721 g/mol. The summed E-state index contributed by atoms with van der Waals surface area (Å²) in [6.45, 7) is 22.7. The first-order valence-electron chi connectivity index (χ1n) is 15.9. The summed E-state index contributed by atoms with van der Waals surface area (Å²) in [5.41, 5.74) is 6.06. The van der Waals surface area contributed by atoms with Gasteiger partial charge in [0.05, 0.1) is 5.52 Å². The fourth-order valence-electron chi connectivity index (χ4n) is 5.21. The van der Waals surface area contributed by atoms with Crippen LogP contribution in [0.25, 0.3) is 32.9 Å². The molecule has 0 unspecified atom stereocenters. The van der Waals surface area contributed by atoms with E-state index in [0.29, 0.717) is 0 Å². The molecule has 0 aliphatic rings. The van der Waals surface area contributed by atoms with Gasteiger partial charge < -0.3 is 5.11 Å². The van der Waals surface area contributed by atoms with Gasteiger partial charge in [0.15, 0.2) is 5.78 Å². The summed E-state index contributed by atoms with van der Waals surface area (Å²) in [4.78, 5) is 22.1. The number of aliphatic hydroxyl groups is 1. The Balaban J connectivity index is 0.000000331. The van der Waals surface area contributed by atoms with E-state index in [1.807, 2.05) is 41.5 Å². The number of ketones is 1. The second kappa shape index (κ2) is 15.4. The van der Waals surface area contributed by atoms with Gasteiger partial charge in [0, 0.05) is 48.3 Å². The van der Waals surface area contributed by atoms with Crippen LogP contribution < -0.4 is 0 Å². The van der Waals surface area contributed by atoms with Crippen molar-refractivity contribution in [1.82, 2.24) is 9.97 Å². The van der Waals surface area contributed by atoms with Gasteiger partial charge in [-0.3, -0.25) is 9.78 Å². The Morgan fingerprint density at radius 2 is 1.43 bits per heavy atom. The number of rotatable bonds is 9. The number of carbonyl (C=O) groups excluding carboxylic acids is 1. The number of aliphatic hydroxyl groups excluding tert-OH is 1. The van der Waals surface area contributed by atoms with Gasteiger partial charge in [-0.15, -0.1) is 34.9 Å². The summed E-state index contributed by atoms with van der Waals surface area (Å²) < 4.78 is 0. The maximum atomic E-state index is 12.2. The zero-order valence-corrected chi connectivity index (χ0v) is 31.0. The van der Waals surface area contributed by atoms with Crippen LogP contribution in [0, 0.1) is 37.7 Å². The average Bonchev–Trinajstić information content (AvgIpc) is 2.99. The number of allylic oxidation sites excluding steroid dienone is 2. The quantitative estimate of drug-likeness (QED) is 0.0797. The Morgan fingerprint density at radius 1 is 0.841 bits per heavy atom. The van der Waals surface area contributed by atoms with Crippen LogP contribution in [0.1, 0.15) is 110 Å². The molecule has 0 atom stereocenters. The van der Waals surface area contributed by atoms with Crippen molar-refractivity contribution in [2.45, 2.75) is 108 Å². The number of nitrogens with zero attached hydrogens (tertiary/aromatic N) is 2. The molecule has 4 aromatic rings. The van der Waals surface area contributed by atoms with E-state index < -0.39 is 0 Å². The second-order valence-electron chi connectivity index (χ2n) is 13.0. The number of hydrogen-bond donors (Lipinski definition) is 1. The summed E-state index contributed by atoms with van der Waals surface area (Å²) in [6, 6.07) is 18.7. The molecule has 4 nitrogen and oxygen atoms in total. The summed E-state index contributed by atoms with van der Waals surface area (Å²) in [5.74, 6) is 1.44. The minimum absolute atomic E-state index is 0. The molecule has 0 saturated heterocycles. The standard InChI is InChI=1S/C24H23N2.C15H28O2.Ir/c1-14(2)24-25-22(19-11-16(4)10-17(5)12-19)20-9-8-18-7-6-15(3)13-21(18)23(20)26-24;1-7-14(5,8-2)12(16)11-13(17)15(6,9-3)10-4;/h6-11,13-14H,1-5H3;11,16H,7-10H2,1-6H3;/q-1;;/b;12-11-;. The predicted molar refractivity (Wildman–Crippen MR) is 183 cm³/mol. The number of aryl methyl sites for hydroxylation is 3. The normalized spacial score (nSPS) is 12.2. The molecule has 0 fully saturated rings. The minimum Gasteiger partial charge on any atom is -0.512 e. The van der Waals surface area contributed by atoms with E-state index in [-0.39, 0.29) is 48.4 Å². The zero-order valence-electron chi connectivity index (χ0n) is 28.6. The Kier molecular flexibility index (Phi) is 13.1. The first-order chi connectivity index (χ1) is 20.2. The number of benzene rings is 3. The van der Waals surface area contributed by atoms with Gasteiger partial charge >= 0.3 is 0 Å². The van der Waals surface area contributed by atoms with Crippen LogP contribution in [0.3, 0.4) is 0 Å². The van der Waals surface area contributed by atoms with E-state index in [2.05, 4.69) is 83.1 Å². The summed E-state index contributed by atoms with van der Waals surface area (Å²) >= 11 is 0. The van der Waals surface area contributed by atoms with Crippen LogP contribution in [-0.2, 0) is 24.9 Å².